The SMILES string of the molecule is CC(C)Cn1ncnc1CC1CCC1C(=O)O. The number of aromatic nitrogens is 3. The van der Waals surface area contributed by atoms with Gasteiger partial charge in [-0.25, -0.2) is 9.67 Å². The van der Waals surface area contributed by atoms with E-state index in [9.17, 15) is 4.79 Å². The van der Waals surface area contributed by atoms with E-state index in [0.717, 1.165) is 31.6 Å². The van der Waals surface area contributed by atoms with Gasteiger partial charge in [-0.2, -0.15) is 5.10 Å². The van der Waals surface area contributed by atoms with E-state index in [0.29, 0.717) is 5.92 Å². The van der Waals surface area contributed by atoms with E-state index in [1.807, 2.05) is 4.68 Å². The summed E-state index contributed by atoms with van der Waals surface area (Å²) >= 11 is 0. The Kier molecular flexibility index (Phi) is 3.45. The normalized spacial score (nSPS) is 23.7. The summed E-state index contributed by atoms with van der Waals surface area (Å²) in [6.07, 6.45) is 4.10. The average molecular weight is 237 g/mol. The fourth-order valence-electron chi connectivity index (χ4n) is 2.32. The molecule has 0 radical (unpaired) electrons. The average Bonchev–Trinajstić information content (AvgIpc) is 2.58. The molecule has 94 valence electrons. The summed E-state index contributed by atoms with van der Waals surface area (Å²) in [5.74, 6) is 0.833. The van der Waals surface area contributed by atoms with E-state index in [1.54, 1.807) is 6.33 Å². The van der Waals surface area contributed by atoms with Crippen molar-refractivity contribution in [3.8, 4) is 0 Å². The van der Waals surface area contributed by atoms with Crippen molar-refractivity contribution in [2.45, 2.75) is 39.7 Å². The number of carboxylic acids is 1. The van der Waals surface area contributed by atoms with Gasteiger partial charge in [0.2, 0.25) is 0 Å². The standard InChI is InChI=1S/C12H19N3O2/c1-8(2)6-15-11(13-7-14-15)5-9-3-4-10(9)12(16)17/h7-10H,3-6H2,1-2H3,(H,16,17). The molecule has 1 aromatic heterocycles. The Morgan fingerprint density at radius 1 is 1.59 bits per heavy atom. The molecule has 1 aliphatic carbocycles. The summed E-state index contributed by atoms with van der Waals surface area (Å²) in [6, 6.07) is 0. The summed E-state index contributed by atoms with van der Waals surface area (Å²) in [4.78, 5) is 15.2. The fraction of sp³-hybridized carbons (Fsp3) is 0.750. The molecule has 5 nitrogen and oxygen atoms in total. The van der Waals surface area contributed by atoms with Crippen LogP contribution in [0.5, 0.6) is 0 Å². The maximum Gasteiger partial charge on any atom is 0.306 e. The molecular weight excluding hydrogens is 218 g/mol. The van der Waals surface area contributed by atoms with Crippen LogP contribution >= 0.6 is 0 Å². The quantitative estimate of drug-likeness (QED) is 0.844. The van der Waals surface area contributed by atoms with Gasteiger partial charge in [0.15, 0.2) is 0 Å². The molecule has 0 bridgehead atoms. The van der Waals surface area contributed by atoms with Crippen molar-refractivity contribution in [1.82, 2.24) is 14.8 Å². The van der Waals surface area contributed by atoms with Gasteiger partial charge in [0, 0.05) is 13.0 Å². The highest BCUT2D eigenvalue weighted by Crippen LogP contribution is 2.36. The zero-order chi connectivity index (χ0) is 12.4. The van der Waals surface area contributed by atoms with Crippen LogP contribution in [-0.4, -0.2) is 25.8 Å². The third kappa shape index (κ3) is 2.65. The van der Waals surface area contributed by atoms with E-state index >= 15 is 0 Å². The lowest BCUT2D eigenvalue weighted by Gasteiger charge is -2.33. The van der Waals surface area contributed by atoms with Crippen LogP contribution in [0.1, 0.15) is 32.5 Å². The molecule has 1 heterocycles. The molecule has 17 heavy (non-hydrogen) atoms. The van der Waals surface area contributed by atoms with Crippen molar-refractivity contribution < 1.29 is 9.90 Å². The predicted molar refractivity (Wildman–Crippen MR) is 62.4 cm³/mol. The fourth-order valence-corrected chi connectivity index (χ4v) is 2.32. The molecule has 0 spiro atoms. The van der Waals surface area contributed by atoms with E-state index < -0.39 is 5.97 Å². The van der Waals surface area contributed by atoms with Gasteiger partial charge in [-0.15, -0.1) is 0 Å². The second kappa shape index (κ2) is 4.85. The van der Waals surface area contributed by atoms with Gasteiger partial charge in [-0.05, 0) is 24.7 Å². The van der Waals surface area contributed by atoms with Crippen LogP contribution in [0.25, 0.3) is 0 Å². The maximum atomic E-state index is 10.9. The predicted octanol–water partition coefficient (Wildman–Crippen LogP) is 1.59. The minimum absolute atomic E-state index is 0.181. The monoisotopic (exact) mass is 237 g/mol. The maximum absolute atomic E-state index is 10.9. The second-order valence-corrected chi connectivity index (χ2v) is 5.24. The highest BCUT2D eigenvalue weighted by Gasteiger charge is 2.37. The smallest absolute Gasteiger partial charge is 0.306 e. The van der Waals surface area contributed by atoms with Crippen molar-refractivity contribution in [2.24, 2.45) is 17.8 Å². The van der Waals surface area contributed by atoms with Gasteiger partial charge >= 0.3 is 5.97 Å². The molecule has 1 fully saturated rings. The Hall–Kier alpha value is -1.39. The van der Waals surface area contributed by atoms with Gasteiger partial charge in [0.25, 0.3) is 0 Å². The Bertz CT molecular complexity index is 400. The summed E-state index contributed by atoms with van der Waals surface area (Å²) in [6.45, 7) is 5.11. The van der Waals surface area contributed by atoms with Crippen molar-refractivity contribution in [3.05, 3.63) is 12.2 Å². The lowest BCUT2D eigenvalue weighted by atomic mass is 9.72. The van der Waals surface area contributed by atoms with Gasteiger partial charge in [0.1, 0.15) is 12.2 Å². The molecule has 0 aromatic carbocycles. The molecule has 2 unspecified atom stereocenters. The topological polar surface area (TPSA) is 68.0 Å². The first-order chi connectivity index (χ1) is 8.08. The van der Waals surface area contributed by atoms with Crippen LogP contribution in [0.2, 0.25) is 0 Å². The summed E-state index contributed by atoms with van der Waals surface area (Å²) in [7, 11) is 0. The molecule has 1 aliphatic rings. The van der Waals surface area contributed by atoms with Gasteiger partial charge < -0.3 is 5.11 Å². The number of rotatable bonds is 5. The Balaban J connectivity index is 1.99. The number of aliphatic carboxylic acids is 1. The molecule has 1 N–H and O–H groups in total. The third-order valence-electron chi connectivity index (χ3n) is 3.41. The summed E-state index contributed by atoms with van der Waals surface area (Å²) in [5.41, 5.74) is 0. The lowest BCUT2D eigenvalue weighted by Crippen LogP contribution is -2.34. The van der Waals surface area contributed by atoms with Crippen LogP contribution in [-0.2, 0) is 17.8 Å². The van der Waals surface area contributed by atoms with Crippen LogP contribution in [0, 0.1) is 17.8 Å². The van der Waals surface area contributed by atoms with Crippen molar-refractivity contribution in [1.29, 1.82) is 0 Å². The van der Waals surface area contributed by atoms with Crippen molar-refractivity contribution in [3.63, 3.8) is 0 Å². The molecule has 1 aromatic rings. The zero-order valence-corrected chi connectivity index (χ0v) is 10.3. The van der Waals surface area contributed by atoms with Crippen LogP contribution in [0.15, 0.2) is 6.33 Å². The molecule has 2 atom stereocenters. The highest BCUT2D eigenvalue weighted by atomic mass is 16.4. The molecule has 0 aliphatic heterocycles. The zero-order valence-electron chi connectivity index (χ0n) is 10.3. The van der Waals surface area contributed by atoms with E-state index in [1.165, 1.54) is 0 Å². The number of hydrogen-bond acceptors (Lipinski definition) is 3. The Morgan fingerprint density at radius 3 is 2.88 bits per heavy atom. The largest absolute Gasteiger partial charge is 0.481 e. The Labute approximate surface area is 101 Å². The van der Waals surface area contributed by atoms with Crippen molar-refractivity contribution >= 4 is 5.97 Å². The number of carboxylic acid groups (broad SMARTS) is 1. The lowest BCUT2D eigenvalue weighted by molar-refractivity contribution is -0.147. The van der Waals surface area contributed by atoms with Crippen molar-refractivity contribution in [2.75, 3.05) is 0 Å². The van der Waals surface area contributed by atoms with Crippen LogP contribution in [0.4, 0.5) is 0 Å². The van der Waals surface area contributed by atoms with Crippen LogP contribution < -0.4 is 0 Å². The summed E-state index contributed by atoms with van der Waals surface area (Å²) < 4.78 is 1.90. The molecular formula is C12H19N3O2. The highest BCUT2D eigenvalue weighted by molar-refractivity contribution is 5.71. The molecule has 1 saturated carbocycles. The number of hydrogen-bond donors (Lipinski definition) is 1. The minimum atomic E-state index is -0.670. The van der Waals surface area contributed by atoms with Gasteiger partial charge in [0.05, 0.1) is 5.92 Å². The minimum Gasteiger partial charge on any atom is -0.481 e. The van der Waals surface area contributed by atoms with Gasteiger partial charge in [-0.1, -0.05) is 13.8 Å². The van der Waals surface area contributed by atoms with E-state index in [2.05, 4.69) is 23.9 Å². The molecule has 0 amide bonds. The first-order valence-electron chi connectivity index (χ1n) is 6.17. The molecule has 2 rings (SSSR count). The van der Waals surface area contributed by atoms with E-state index in [-0.39, 0.29) is 11.8 Å². The number of nitrogens with zero attached hydrogens (tertiary/aromatic N) is 3. The first-order valence-corrected chi connectivity index (χ1v) is 6.17. The molecule has 0 saturated heterocycles. The third-order valence-corrected chi connectivity index (χ3v) is 3.41. The Morgan fingerprint density at radius 2 is 2.35 bits per heavy atom. The molecule has 5 heteroatoms. The first kappa shape index (κ1) is 12.1. The summed E-state index contributed by atoms with van der Waals surface area (Å²) in [5, 5.41) is 13.2. The van der Waals surface area contributed by atoms with E-state index in [4.69, 9.17) is 5.11 Å². The second-order valence-electron chi connectivity index (χ2n) is 5.24. The van der Waals surface area contributed by atoms with Gasteiger partial charge in [-0.3, -0.25) is 4.79 Å². The van der Waals surface area contributed by atoms with Crippen LogP contribution in [0.3, 0.4) is 0 Å². The number of carbonyl (C=O) groups is 1.